The highest BCUT2D eigenvalue weighted by Crippen LogP contribution is 2.42. The third kappa shape index (κ3) is 34.1. The zero-order valence-corrected chi connectivity index (χ0v) is 30.4. The van der Waals surface area contributed by atoms with Crippen LogP contribution in [0.3, 0.4) is 0 Å². The SMILES string of the molecule is CCCCCCCC/C=C\CCCCCCCCCC(=O)OCC(O)COP(=O)(O)OCCNC(=O)CCCCCCCCCC. The van der Waals surface area contributed by atoms with Gasteiger partial charge in [-0.15, -0.1) is 0 Å². The number of amides is 1. The molecule has 2 atom stereocenters. The van der Waals surface area contributed by atoms with Crippen molar-refractivity contribution >= 4 is 19.7 Å². The molecular weight excluding hydrogens is 605 g/mol. The van der Waals surface area contributed by atoms with Gasteiger partial charge in [0.1, 0.15) is 12.7 Å². The fourth-order valence-corrected chi connectivity index (χ4v) is 5.84. The number of phosphoric ester groups is 1. The standard InChI is InChI=1S/C36H70NO8P/c1-3-5-7-9-11-13-14-15-16-17-18-19-20-21-23-25-27-29-36(40)43-32-34(38)33-45-46(41,42)44-31-30-37-35(39)28-26-24-22-12-10-8-6-4-2/h15-16,34,38H,3-14,17-33H2,1-2H3,(H,37,39)(H,41,42)/b16-15-. The lowest BCUT2D eigenvalue weighted by Crippen LogP contribution is -2.27. The number of aliphatic hydroxyl groups is 1. The van der Waals surface area contributed by atoms with E-state index >= 15 is 0 Å². The van der Waals surface area contributed by atoms with E-state index in [2.05, 4.69) is 31.3 Å². The Morgan fingerprint density at radius 1 is 0.652 bits per heavy atom. The number of rotatable bonds is 35. The van der Waals surface area contributed by atoms with E-state index < -0.39 is 26.5 Å². The van der Waals surface area contributed by atoms with Gasteiger partial charge in [-0.3, -0.25) is 18.6 Å². The Hall–Kier alpha value is -1.25. The van der Waals surface area contributed by atoms with Crippen LogP contribution in [0.1, 0.15) is 174 Å². The van der Waals surface area contributed by atoms with Crippen molar-refractivity contribution in [1.82, 2.24) is 5.32 Å². The molecule has 0 aliphatic carbocycles. The van der Waals surface area contributed by atoms with Crippen molar-refractivity contribution in [1.29, 1.82) is 0 Å². The summed E-state index contributed by atoms with van der Waals surface area (Å²) in [5.74, 6) is -0.522. The molecule has 2 unspecified atom stereocenters. The summed E-state index contributed by atoms with van der Waals surface area (Å²) in [4.78, 5) is 33.6. The molecule has 0 rings (SSSR count). The van der Waals surface area contributed by atoms with E-state index in [1.165, 1.54) is 109 Å². The maximum atomic E-state index is 12.0. The van der Waals surface area contributed by atoms with Crippen LogP contribution in [0.25, 0.3) is 0 Å². The number of aliphatic hydroxyl groups excluding tert-OH is 1. The molecule has 0 heterocycles. The summed E-state index contributed by atoms with van der Waals surface area (Å²) < 4.78 is 26.7. The summed E-state index contributed by atoms with van der Waals surface area (Å²) in [5, 5.41) is 12.6. The van der Waals surface area contributed by atoms with Crippen molar-refractivity contribution < 1.29 is 37.9 Å². The third-order valence-electron chi connectivity index (χ3n) is 7.95. The predicted octanol–water partition coefficient (Wildman–Crippen LogP) is 9.49. The summed E-state index contributed by atoms with van der Waals surface area (Å²) in [6, 6.07) is 0. The van der Waals surface area contributed by atoms with Crippen molar-refractivity contribution in [2.45, 2.75) is 180 Å². The van der Waals surface area contributed by atoms with Crippen LogP contribution in [0.15, 0.2) is 12.2 Å². The van der Waals surface area contributed by atoms with Crippen LogP contribution < -0.4 is 5.32 Å². The van der Waals surface area contributed by atoms with E-state index in [-0.39, 0.29) is 32.1 Å². The van der Waals surface area contributed by atoms with Gasteiger partial charge in [-0.05, 0) is 38.5 Å². The maximum Gasteiger partial charge on any atom is 0.472 e. The number of phosphoric acid groups is 1. The van der Waals surface area contributed by atoms with Crippen LogP contribution in [0.5, 0.6) is 0 Å². The van der Waals surface area contributed by atoms with E-state index in [0.29, 0.717) is 6.42 Å². The number of carbonyl (C=O) groups excluding carboxylic acids is 2. The van der Waals surface area contributed by atoms with Gasteiger partial charge in [0.2, 0.25) is 5.91 Å². The monoisotopic (exact) mass is 675 g/mol. The van der Waals surface area contributed by atoms with Crippen LogP contribution in [-0.2, 0) is 27.9 Å². The summed E-state index contributed by atoms with van der Waals surface area (Å²) >= 11 is 0. The molecule has 0 aromatic rings. The Labute approximate surface area is 281 Å². The van der Waals surface area contributed by atoms with E-state index in [9.17, 15) is 24.2 Å². The smallest absolute Gasteiger partial charge is 0.463 e. The van der Waals surface area contributed by atoms with Gasteiger partial charge in [-0.1, -0.05) is 135 Å². The first-order valence-electron chi connectivity index (χ1n) is 18.7. The van der Waals surface area contributed by atoms with E-state index in [1.807, 2.05) is 0 Å². The van der Waals surface area contributed by atoms with Gasteiger partial charge in [0, 0.05) is 19.4 Å². The predicted molar refractivity (Wildman–Crippen MR) is 188 cm³/mol. The number of unbranched alkanes of at least 4 members (excludes halogenated alkanes) is 20. The average molecular weight is 676 g/mol. The number of allylic oxidation sites excluding steroid dienone is 2. The van der Waals surface area contributed by atoms with Gasteiger partial charge < -0.3 is 20.1 Å². The van der Waals surface area contributed by atoms with Gasteiger partial charge in [0.25, 0.3) is 0 Å². The van der Waals surface area contributed by atoms with Gasteiger partial charge in [-0.2, -0.15) is 0 Å². The molecule has 0 bridgehead atoms. The highest BCUT2D eigenvalue weighted by atomic mass is 31.2. The van der Waals surface area contributed by atoms with E-state index in [0.717, 1.165) is 38.5 Å². The number of hydrogen-bond acceptors (Lipinski definition) is 7. The molecule has 0 saturated carbocycles. The Kier molecular flexibility index (Phi) is 32.7. The van der Waals surface area contributed by atoms with Crippen molar-refractivity contribution in [3.8, 4) is 0 Å². The molecule has 0 aromatic carbocycles. The molecule has 46 heavy (non-hydrogen) atoms. The Morgan fingerprint density at radius 3 is 1.63 bits per heavy atom. The highest BCUT2D eigenvalue weighted by molar-refractivity contribution is 7.47. The first-order chi connectivity index (χ1) is 22.3. The van der Waals surface area contributed by atoms with Gasteiger partial charge in [0.05, 0.1) is 13.2 Å². The summed E-state index contributed by atoms with van der Waals surface area (Å²) in [5.41, 5.74) is 0. The van der Waals surface area contributed by atoms with Crippen LogP contribution in [-0.4, -0.2) is 54.3 Å². The van der Waals surface area contributed by atoms with Crippen molar-refractivity contribution in [3.63, 3.8) is 0 Å². The van der Waals surface area contributed by atoms with Crippen molar-refractivity contribution in [2.75, 3.05) is 26.4 Å². The zero-order chi connectivity index (χ0) is 34.0. The van der Waals surface area contributed by atoms with Gasteiger partial charge in [-0.25, -0.2) is 4.57 Å². The summed E-state index contributed by atoms with van der Waals surface area (Å²) in [6.45, 7) is 3.51. The van der Waals surface area contributed by atoms with Crippen LogP contribution in [0.4, 0.5) is 0 Å². The highest BCUT2D eigenvalue weighted by Gasteiger charge is 2.23. The molecule has 10 heteroatoms. The second-order valence-corrected chi connectivity index (χ2v) is 14.0. The number of carbonyl (C=O) groups is 2. The minimum atomic E-state index is -4.40. The second kappa shape index (κ2) is 33.6. The lowest BCUT2D eigenvalue weighted by Gasteiger charge is -2.15. The number of esters is 1. The summed E-state index contributed by atoms with van der Waals surface area (Å²) in [6.07, 6.45) is 31.5. The van der Waals surface area contributed by atoms with Gasteiger partial charge >= 0.3 is 13.8 Å². The molecule has 0 aliphatic rings. The van der Waals surface area contributed by atoms with Crippen LogP contribution in [0, 0.1) is 0 Å². The molecule has 0 aromatic heterocycles. The van der Waals surface area contributed by atoms with E-state index in [4.69, 9.17) is 13.8 Å². The molecule has 3 N–H and O–H groups in total. The minimum absolute atomic E-state index is 0.0843. The lowest BCUT2D eigenvalue weighted by atomic mass is 10.1. The second-order valence-electron chi connectivity index (χ2n) is 12.6. The molecule has 0 saturated heterocycles. The number of ether oxygens (including phenoxy) is 1. The van der Waals surface area contributed by atoms with Gasteiger partial charge in [0.15, 0.2) is 0 Å². The number of hydrogen-bond donors (Lipinski definition) is 3. The Morgan fingerprint density at radius 2 is 1.11 bits per heavy atom. The average Bonchev–Trinajstić information content (AvgIpc) is 3.04. The largest absolute Gasteiger partial charge is 0.472 e. The van der Waals surface area contributed by atoms with Crippen LogP contribution >= 0.6 is 7.82 Å². The zero-order valence-electron chi connectivity index (χ0n) is 29.5. The third-order valence-corrected chi connectivity index (χ3v) is 8.93. The summed E-state index contributed by atoms with van der Waals surface area (Å²) in [7, 11) is -4.40. The molecule has 272 valence electrons. The molecule has 0 spiro atoms. The Balaban J connectivity index is 3.61. The molecule has 0 fully saturated rings. The lowest BCUT2D eigenvalue weighted by molar-refractivity contribution is -0.147. The first-order valence-corrected chi connectivity index (χ1v) is 20.2. The normalized spacial score (nSPS) is 13.6. The number of nitrogens with one attached hydrogen (secondary N) is 1. The fourth-order valence-electron chi connectivity index (χ4n) is 5.08. The Bertz CT molecular complexity index is 779. The van der Waals surface area contributed by atoms with Crippen molar-refractivity contribution in [3.05, 3.63) is 12.2 Å². The quantitative estimate of drug-likeness (QED) is 0.0262. The molecule has 0 radical (unpaired) electrons. The maximum absolute atomic E-state index is 12.0. The van der Waals surface area contributed by atoms with E-state index in [1.54, 1.807) is 0 Å². The first kappa shape index (κ1) is 44.8. The molecule has 9 nitrogen and oxygen atoms in total. The topological polar surface area (TPSA) is 131 Å². The van der Waals surface area contributed by atoms with Crippen molar-refractivity contribution in [2.24, 2.45) is 0 Å². The minimum Gasteiger partial charge on any atom is -0.463 e. The molecule has 1 amide bonds. The van der Waals surface area contributed by atoms with Crippen LogP contribution in [0.2, 0.25) is 0 Å². The fraction of sp³-hybridized carbons (Fsp3) is 0.889. The molecule has 0 aliphatic heterocycles. The molecular formula is C36H70NO8P.